The van der Waals surface area contributed by atoms with Crippen molar-refractivity contribution < 1.29 is 0 Å². The first-order valence-electron chi connectivity index (χ1n) is 13.5. The third-order valence-electron chi connectivity index (χ3n) is 6.56. The molecule has 28 heavy (non-hydrogen) atoms. The van der Waals surface area contributed by atoms with Gasteiger partial charge in [0.15, 0.2) is 0 Å². The normalized spacial score (nSPS) is 12.5. The second-order valence-corrected chi connectivity index (χ2v) is 9.25. The molecule has 0 aromatic carbocycles. The van der Waals surface area contributed by atoms with Crippen molar-refractivity contribution >= 4 is 0 Å². The molecule has 1 atom stereocenters. The average molecular weight is 396 g/mol. The summed E-state index contributed by atoms with van der Waals surface area (Å²) in [5.41, 5.74) is 0. The van der Waals surface area contributed by atoms with Crippen LogP contribution in [0.1, 0.15) is 162 Å². The number of rotatable bonds is 24. The van der Waals surface area contributed by atoms with Gasteiger partial charge in [-0.25, -0.2) is 0 Å². The van der Waals surface area contributed by atoms with Crippen LogP contribution in [-0.4, -0.2) is 13.1 Å². The van der Waals surface area contributed by atoms with Gasteiger partial charge >= 0.3 is 0 Å². The van der Waals surface area contributed by atoms with E-state index in [9.17, 15) is 0 Å². The zero-order valence-electron chi connectivity index (χ0n) is 20.3. The number of nitrogens with one attached hydrogen (secondary N) is 1. The number of unbranched alkanes of at least 4 members (excludes halogenated alkanes) is 20. The van der Waals surface area contributed by atoms with E-state index >= 15 is 0 Å². The molecule has 0 amide bonds. The SMILES string of the molecule is CCCCCCCCCCCCCCCCCCCCCCCC(CC)NC. The fourth-order valence-electron chi connectivity index (χ4n) is 4.38. The summed E-state index contributed by atoms with van der Waals surface area (Å²) < 4.78 is 0. The second kappa shape index (κ2) is 25.0. The highest BCUT2D eigenvalue weighted by molar-refractivity contribution is 4.61. The molecule has 0 bridgehead atoms. The Kier molecular flexibility index (Phi) is 25.0. The first-order valence-corrected chi connectivity index (χ1v) is 13.5. The van der Waals surface area contributed by atoms with Crippen LogP contribution >= 0.6 is 0 Å². The van der Waals surface area contributed by atoms with Crippen molar-refractivity contribution in [1.82, 2.24) is 5.32 Å². The molecule has 0 aliphatic heterocycles. The lowest BCUT2D eigenvalue weighted by Gasteiger charge is -2.12. The molecule has 0 aliphatic carbocycles. The smallest absolute Gasteiger partial charge is 0.00614 e. The molecule has 0 saturated heterocycles. The molecule has 1 heteroatoms. The van der Waals surface area contributed by atoms with Crippen LogP contribution in [0.2, 0.25) is 0 Å². The summed E-state index contributed by atoms with van der Waals surface area (Å²) in [4.78, 5) is 0. The van der Waals surface area contributed by atoms with Crippen LogP contribution in [-0.2, 0) is 0 Å². The van der Waals surface area contributed by atoms with Gasteiger partial charge in [-0.2, -0.15) is 0 Å². The Morgan fingerprint density at radius 3 is 0.964 bits per heavy atom. The molecular weight excluding hydrogens is 338 g/mol. The topological polar surface area (TPSA) is 12.0 Å². The Hall–Kier alpha value is -0.0400. The summed E-state index contributed by atoms with van der Waals surface area (Å²) in [5, 5.41) is 3.41. The van der Waals surface area contributed by atoms with Crippen molar-refractivity contribution in [2.24, 2.45) is 0 Å². The van der Waals surface area contributed by atoms with Crippen molar-refractivity contribution in [2.45, 2.75) is 168 Å². The molecular formula is C27H57N. The maximum Gasteiger partial charge on any atom is 0.00614 e. The molecule has 1 unspecified atom stereocenters. The zero-order chi connectivity index (χ0) is 20.5. The minimum Gasteiger partial charge on any atom is -0.317 e. The molecule has 1 nitrogen and oxygen atoms in total. The van der Waals surface area contributed by atoms with Gasteiger partial charge in [-0.1, -0.05) is 149 Å². The number of hydrogen-bond donors (Lipinski definition) is 1. The molecule has 0 saturated carbocycles. The van der Waals surface area contributed by atoms with Gasteiger partial charge in [0.1, 0.15) is 0 Å². The van der Waals surface area contributed by atoms with Gasteiger partial charge in [0.25, 0.3) is 0 Å². The lowest BCUT2D eigenvalue weighted by molar-refractivity contribution is 0.468. The quantitative estimate of drug-likeness (QED) is 0.160. The third-order valence-corrected chi connectivity index (χ3v) is 6.56. The predicted octanol–water partition coefficient (Wildman–Crippen LogP) is 9.59. The number of hydrogen-bond acceptors (Lipinski definition) is 1. The van der Waals surface area contributed by atoms with Gasteiger partial charge in [0.05, 0.1) is 0 Å². The van der Waals surface area contributed by atoms with Crippen molar-refractivity contribution in [3.8, 4) is 0 Å². The first kappa shape index (κ1) is 28.0. The Labute approximate surface area is 180 Å². The van der Waals surface area contributed by atoms with Gasteiger partial charge in [0.2, 0.25) is 0 Å². The van der Waals surface area contributed by atoms with E-state index in [0.717, 1.165) is 6.04 Å². The van der Waals surface area contributed by atoms with Crippen LogP contribution in [0.3, 0.4) is 0 Å². The summed E-state index contributed by atoms with van der Waals surface area (Å²) in [6, 6.07) is 0.750. The molecule has 1 N–H and O–H groups in total. The van der Waals surface area contributed by atoms with E-state index in [2.05, 4.69) is 26.2 Å². The minimum absolute atomic E-state index is 0.750. The van der Waals surface area contributed by atoms with Crippen LogP contribution in [0.15, 0.2) is 0 Å². The van der Waals surface area contributed by atoms with E-state index < -0.39 is 0 Å². The van der Waals surface area contributed by atoms with Gasteiger partial charge in [-0.05, 0) is 19.9 Å². The van der Waals surface area contributed by atoms with Crippen molar-refractivity contribution in [2.75, 3.05) is 7.05 Å². The van der Waals surface area contributed by atoms with Crippen LogP contribution < -0.4 is 5.32 Å². The largest absolute Gasteiger partial charge is 0.317 e. The lowest BCUT2D eigenvalue weighted by atomic mass is 10.0. The molecule has 0 heterocycles. The predicted molar refractivity (Wildman–Crippen MR) is 130 cm³/mol. The van der Waals surface area contributed by atoms with E-state index in [-0.39, 0.29) is 0 Å². The average Bonchev–Trinajstić information content (AvgIpc) is 2.72. The third kappa shape index (κ3) is 22.3. The molecule has 0 radical (unpaired) electrons. The van der Waals surface area contributed by atoms with Crippen LogP contribution in [0.25, 0.3) is 0 Å². The summed E-state index contributed by atoms with van der Waals surface area (Å²) in [5.74, 6) is 0. The molecule has 170 valence electrons. The van der Waals surface area contributed by atoms with E-state index in [1.807, 2.05) is 0 Å². The molecule has 0 fully saturated rings. The van der Waals surface area contributed by atoms with Gasteiger partial charge in [-0.3, -0.25) is 0 Å². The fourth-order valence-corrected chi connectivity index (χ4v) is 4.38. The fraction of sp³-hybridized carbons (Fsp3) is 1.00. The highest BCUT2D eigenvalue weighted by atomic mass is 14.9. The van der Waals surface area contributed by atoms with Gasteiger partial charge in [0, 0.05) is 6.04 Å². The Balaban J connectivity index is 3.03. The minimum atomic E-state index is 0.750. The Morgan fingerprint density at radius 1 is 0.429 bits per heavy atom. The molecule has 0 aromatic heterocycles. The summed E-state index contributed by atoms with van der Waals surface area (Å²) in [6.07, 6.45) is 33.5. The zero-order valence-corrected chi connectivity index (χ0v) is 20.3. The van der Waals surface area contributed by atoms with Crippen LogP contribution in [0.5, 0.6) is 0 Å². The Morgan fingerprint density at radius 2 is 0.714 bits per heavy atom. The van der Waals surface area contributed by atoms with Crippen LogP contribution in [0.4, 0.5) is 0 Å². The van der Waals surface area contributed by atoms with E-state index in [0.29, 0.717) is 0 Å². The summed E-state index contributed by atoms with van der Waals surface area (Å²) in [6.45, 7) is 4.59. The van der Waals surface area contributed by atoms with Crippen LogP contribution in [0, 0.1) is 0 Å². The van der Waals surface area contributed by atoms with Gasteiger partial charge in [-0.15, -0.1) is 0 Å². The van der Waals surface area contributed by atoms with Crippen molar-refractivity contribution in [1.29, 1.82) is 0 Å². The standard InChI is InChI=1S/C27H57N/c1-4-6-7-8-9-10-11-12-13-14-15-16-17-18-19-20-21-22-23-24-25-26-27(5-2)28-3/h27-28H,4-26H2,1-3H3. The van der Waals surface area contributed by atoms with E-state index in [4.69, 9.17) is 0 Å². The lowest BCUT2D eigenvalue weighted by Crippen LogP contribution is -2.23. The molecule has 0 spiro atoms. The second-order valence-electron chi connectivity index (χ2n) is 9.25. The molecule has 0 rings (SSSR count). The van der Waals surface area contributed by atoms with E-state index in [1.54, 1.807) is 0 Å². The maximum atomic E-state index is 3.41. The molecule has 0 aliphatic rings. The maximum absolute atomic E-state index is 3.41. The first-order chi connectivity index (χ1) is 13.8. The summed E-state index contributed by atoms with van der Waals surface area (Å²) in [7, 11) is 2.10. The Bertz CT molecular complexity index is 259. The van der Waals surface area contributed by atoms with Crippen molar-refractivity contribution in [3.63, 3.8) is 0 Å². The highest BCUT2D eigenvalue weighted by Crippen LogP contribution is 2.15. The van der Waals surface area contributed by atoms with Gasteiger partial charge < -0.3 is 5.32 Å². The highest BCUT2D eigenvalue weighted by Gasteiger charge is 2.01. The van der Waals surface area contributed by atoms with E-state index in [1.165, 1.54) is 148 Å². The summed E-state index contributed by atoms with van der Waals surface area (Å²) >= 11 is 0. The molecule has 0 aromatic rings. The monoisotopic (exact) mass is 395 g/mol. The van der Waals surface area contributed by atoms with Crippen molar-refractivity contribution in [3.05, 3.63) is 0 Å².